The zero-order chi connectivity index (χ0) is 10.9. The number of carbonyl (C=O) groups excluding carboxylic acids is 1. The highest BCUT2D eigenvalue weighted by Crippen LogP contribution is 2.33. The normalized spacial score (nSPS) is 10.6. The molecule has 0 fully saturated rings. The predicted molar refractivity (Wildman–Crippen MR) is 52.1 cm³/mol. The molecule has 1 heterocycles. The third-order valence-electron chi connectivity index (χ3n) is 1.50. The molecule has 0 spiro atoms. The van der Waals surface area contributed by atoms with E-state index in [9.17, 15) is 18.7 Å². The van der Waals surface area contributed by atoms with E-state index in [2.05, 4.69) is 4.98 Å². The first-order chi connectivity index (χ1) is 6.45. The van der Waals surface area contributed by atoms with Crippen LogP contribution >= 0.6 is 22.6 Å². The van der Waals surface area contributed by atoms with E-state index in [1.165, 1.54) is 0 Å². The molecule has 0 aliphatic heterocycles. The van der Waals surface area contributed by atoms with Crippen LogP contribution in [0.3, 0.4) is 0 Å². The van der Waals surface area contributed by atoms with Gasteiger partial charge in [-0.3, -0.25) is 4.79 Å². The molecule has 0 aromatic carbocycles. The third-order valence-corrected chi connectivity index (χ3v) is 2.35. The Bertz CT molecular complexity index is 384. The molecule has 3 N–H and O–H groups in total. The van der Waals surface area contributed by atoms with Crippen molar-refractivity contribution in [3.63, 3.8) is 0 Å². The molecular weight excluding hydrogens is 309 g/mol. The fourth-order valence-electron chi connectivity index (χ4n) is 0.880. The highest BCUT2D eigenvalue weighted by molar-refractivity contribution is 14.1. The Balaban J connectivity index is 3.41. The minimum atomic E-state index is -2.87. The molecule has 1 aromatic rings. The summed E-state index contributed by atoms with van der Waals surface area (Å²) in [6, 6.07) is 0. The Labute approximate surface area is 91.3 Å². The number of nitrogens with two attached hydrogens (primary N) is 1. The van der Waals surface area contributed by atoms with Gasteiger partial charge in [0.25, 0.3) is 12.3 Å². The van der Waals surface area contributed by atoms with Crippen LogP contribution in [-0.2, 0) is 0 Å². The molecule has 0 saturated carbocycles. The van der Waals surface area contributed by atoms with Gasteiger partial charge in [-0.05, 0) is 22.6 Å². The Hall–Kier alpha value is -0.990. The number of primary amides is 1. The number of nitrogens with zero attached hydrogens (tertiary/aromatic N) is 1. The number of hydrogen-bond donors (Lipinski definition) is 2. The summed E-state index contributed by atoms with van der Waals surface area (Å²) in [5.41, 5.74) is 3.67. The molecule has 0 unspecified atom stereocenters. The lowest BCUT2D eigenvalue weighted by Crippen LogP contribution is -2.14. The molecule has 76 valence electrons. The maximum atomic E-state index is 12.4. The molecule has 0 bridgehead atoms. The number of alkyl halides is 2. The number of amides is 1. The second-order valence-corrected chi connectivity index (χ2v) is 3.54. The summed E-state index contributed by atoms with van der Waals surface area (Å²) >= 11 is 1.59. The number of pyridine rings is 1. The van der Waals surface area contributed by atoms with Crippen LogP contribution in [0.15, 0.2) is 6.20 Å². The fourth-order valence-corrected chi connectivity index (χ4v) is 1.51. The van der Waals surface area contributed by atoms with E-state index in [-0.39, 0.29) is 3.57 Å². The van der Waals surface area contributed by atoms with E-state index in [0.29, 0.717) is 0 Å². The number of hydrogen-bond acceptors (Lipinski definition) is 3. The monoisotopic (exact) mass is 314 g/mol. The molecule has 0 aliphatic rings. The van der Waals surface area contributed by atoms with Gasteiger partial charge in [-0.25, -0.2) is 13.8 Å². The SMILES string of the molecule is NC(=O)c1ncc(I)c(C(F)F)c1O. The summed E-state index contributed by atoms with van der Waals surface area (Å²) in [6.45, 7) is 0. The Morgan fingerprint density at radius 3 is 2.64 bits per heavy atom. The summed E-state index contributed by atoms with van der Waals surface area (Å²) in [5.74, 6) is -1.89. The van der Waals surface area contributed by atoms with E-state index in [1.54, 1.807) is 22.6 Å². The van der Waals surface area contributed by atoms with Crippen molar-refractivity contribution in [2.45, 2.75) is 6.43 Å². The third kappa shape index (κ3) is 1.91. The number of aromatic hydroxyl groups is 1. The average Bonchev–Trinajstić information content (AvgIpc) is 2.02. The van der Waals surface area contributed by atoms with Crippen LogP contribution < -0.4 is 5.73 Å². The van der Waals surface area contributed by atoms with E-state index in [4.69, 9.17) is 5.73 Å². The zero-order valence-electron chi connectivity index (χ0n) is 6.67. The molecule has 0 atom stereocenters. The van der Waals surface area contributed by atoms with Crippen LogP contribution in [0.4, 0.5) is 8.78 Å². The molecule has 1 amide bonds. The first-order valence-electron chi connectivity index (χ1n) is 3.40. The highest BCUT2D eigenvalue weighted by Gasteiger charge is 2.22. The largest absolute Gasteiger partial charge is 0.505 e. The Morgan fingerprint density at radius 2 is 2.21 bits per heavy atom. The molecule has 14 heavy (non-hydrogen) atoms. The van der Waals surface area contributed by atoms with Crippen LogP contribution in [0.25, 0.3) is 0 Å². The van der Waals surface area contributed by atoms with Crippen LogP contribution in [0.2, 0.25) is 0 Å². The summed E-state index contributed by atoms with van der Waals surface area (Å²) in [6.07, 6.45) is -1.81. The van der Waals surface area contributed by atoms with Crippen molar-refractivity contribution in [3.05, 3.63) is 21.0 Å². The lowest BCUT2D eigenvalue weighted by atomic mass is 10.2. The topological polar surface area (TPSA) is 76.2 Å². The first-order valence-corrected chi connectivity index (χ1v) is 4.48. The molecule has 0 radical (unpaired) electrons. The average molecular weight is 314 g/mol. The van der Waals surface area contributed by atoms with Crippen molar-refractivity contribution in [1.29, 1.82) is 0 Å². The van der Waals surface area contributed by atoms with E-state index in [0.717, 1.165) is 6.20 Å². The number of rotatable bonds is 2. The quantitative estimate of drug-likeness (QED) is 0.811. The Kier molecular flexibility index (Phi) is 3.19. The van der Waals surface area contributed by atoms with Crippen LogP contribution in [0.5, 0.6) is 5.75 Å². The van der Waals surface area contributed by atoms with Gasteiger partial charge in [-0.15, -0.1) is 0 Å². The smallest absolute Gasteiger partial charge is 0.271 e. The molecule has 1 aromatic heterocycles. The van der Waals surface area contributed by atoms with E-state index in [1.807, 2.05) is 0 Å². The van der Waals surface area contributed by atoms with E-state index >= 15 is 0 Å². The van der Waals surface area contributed by atoms with E-state index < -0.39 is 29.3 Å². The van der Waals surface area contributed by atoms with Crippen molar-refractivity contribution in [2.24, 2.45) is 5.73 Å². The molecule has 4 nitrogen and oxygen atoms in total. The van der Waals surface area contributed by atoms with Crippen LogP contribution in [0.1, 0.15) is 22.5 Å². The maximum absolute atomic E-state index is 12.4. The molecule has 1 rings (SSSR count). The van der Waals surface area contributed by atoms with Gasteiger partial charge in [0.15, 0.2) is 11.4 Å². The van der Waals surface area contributed by atoms with Gasteiger partial charge >= 0.3 is 0 Å². The van der Waals surface area contributed by atoms with Gasteiger partial charge in [0.1, 0.15) is 0 Å². The van der Waals surface area contributed by atoms with Crippen molar-refractivity contribution >= 4 is 28.5 Å². The van der Waals surface area contributed by atoms with Crippen molar-refractivity contribution < 1.29 is 18.7 Å². The summed E-state index contributed by atoms with van der Waals surface area (Å²) in [7, 11) is 0. The minimum absolute atomic E-state index is 0.0834. The van der Waals surface area contributed by atoms with Crippen molar-refractivity contribution in [2.75, 3.05) is 0 Å². The summed E-state index contributed by atoms with van der Waals surface area (Å²) < 4.78 is 24.9. The molecular formula is C7H5F2IN2O2. The fraction of sp³-hybridized carbons (Fsp3) is 0.143. The second kappa shape index (κ2) is 4.03. The number of aromatic nitrogens is 1. The molecule has 7 heteroatoms. The van der Waals surface area contributed by atoms with Gasteiger partial charge in [0.05, 0.1) is 5.56 Å². The molecule has 0 aliphatic carbocycles. The van der Waals surface area contributed by atoms with Crippen LogP contribution in [-0.4, -0.2) is 16.0 Å². The van der Waals surface area contributed by atoms with Gasteiger partial charge in [0, 0.05) is 9.77 Å². The van der Waals surface area contributed by atoms with Gasteiger partial charge < -0.3 is 10.8 Å². The predicted octanol–water partition coefficient (Wildman–Crippen LogP) is 1.43. The van der Waals surface area contributed by atoms with Gasteiger partial charge in [-0.1, -0.05) is 0 Å². The van der Waals surface area contributed by atoms with Crippen molar-refractivity contribution in [3.8, 4) is 5.75 Å². The first kappa shape index (κ1) is 11.1. The maximum Gasteiger partial charge on any atom is 0.271 e. The lowest BCUT2D eigenvalue weighted by Gasteiger charge is -2.07. The highest BCUT2D eigenvalue weighted by atomic mass is 127. The van der Waals surface area contributed by atoms with Crippen LogP contribution in [0, 0.1) is 3.57 Å². The number of carbonyl (C=O) groups is 1. The summed E-state index contributed by atoms with van der Waals surface area (Å²) in [5, 5.41) is 9.26. The summed E-state index contributed by atoms with van der Waals surface area (Å²) in [4.78, 5) is 14.1. The van der Waals surface area contributed by atoms with Gasteiger partial charge in [0.2, 0.25) is 0 Å². The minimum Gasteiger partial charge on any atom is -0.505 e. The Morgan fingerprint density at radius 1 is 1.64 bits per heavy atom. The molecule has 0 saturated heterocycles. The van der Waals surface area contributed by atoms with Gasteiger partial charge in [-0.2, -0.15) is 0 Å². The second-order valence-electron chi connectivity index (χ2n) is 2.38. The van der Waals surface area contributed by atoms with Crippen molar-refractivity contribution in [1.82, 2.24) is 4.98 Å². The standard InChI is InChI=1S/C7H5F2IN2O2/c8-6(9)3-2(10)1-12-4(5(3)13)7(11)14/h1,6,13H,(H2,11,14). The number of halogens is 3. The lowest BCUT2D eigenvalue weighted by molar-refractivity contribution is 0.0991. The zero-order valence-corrected chi connectivity index (χ0v) is 8.83.